The second-order valence-corrected chi connectivity index (χ2v) is 5.86. The molecule has 0 bridgehead atoms. The van der Waals surface area contributed by atoms with E-state index in [-0.39, 0.29) is 18.2 Å². The largest absolute Gasteiger partial charge is 0.398 e. The second-order valence-electron chi connectivity index (χ2n) is 4.94. The zero-order valence-corrected chi connectivity index (χ0v) is 12.8. The zero-order valence-electron chi connectivity index (χ0n) is 11.3. The van der Waals surface area contributed by atoms with Crippen molar-refractivity contribution in [3.8, 4) is 0 Å². The number of benzene rings is 1. The van der Waals surface area contributed by atoms with Crippen molar-refractivity contribution in [1.29, 1.82) is 0 Å². The summed E-state index contributed by atoms with van der Waals surface area (Å²) in [6.45, 7) is 0. The monoisotopic (exact) mass is 348 g/mol. The lowest BCUT2D eigenvalue weighted by Crippen LogP contribution is -2.31. The van der Waals surface area contributed by atoms with Gasteiger partial charge in [-0.3, -0.25) is 19.5 Å². The van der Waals surface area contributed by atoms with Crippen LogP contribution in [0.25, 0.3) is 10.9 Å². The molecule has 7 heteroatoms. The number of nitrogens with zero attached hydrogens (tertiary/aromatic N) is 2. The van der Waals surface area contributed by atoms with Gasteiger partial charge >= 0.3 is 0 Å². The number of halogens is 1. The Labute approximate surface area is 129 Å². The number of carbonyl (C=O) groups excluding carboxylic acids is 2. The molecule has 1 aromatic heterocycles. The highest BCUT2D eigenvalue weighted by atomic mass is 79.9. The first-order chi connectivity index (χ1) is 9.97. The molecule has 2 aromatic rings. The minimum atomic E-state index is -0.556. The molecule has 1 atom stereocenters. The topological polar surface area (TPSA) is 88.3 Å². The summed E-state index contributed by atoms with van der Waals surface area (Å²) in [6, 6.07) is 4.84. The summed E-state index contributed by atoms with van der Waals surface area (Å²) in [5.74, 6) is -0.421. The first-order valence-electron chi connectivity index (χ1n) is 6.38. The van der Waals surface area contributed by atoms with Crippen LogP contribution in [0.1, 0.15) is 6.42 Å². The van der Waals surface area contributed by atoms with E-state index in [9.17, 15) is 9.59 Å². The van der Waals surface area contributed by atoms with Crippen molar-refractivity contribution in [1.82, 2.24) is 9.88 Å². The highest BCUT2D eigenvalue weighted by Crippen LogP contribution is 2.30. The summed E-state index contributed by atoms with van der Waals surface area (Å²) < 4.78 is 0.825. The number of likely N-dealkylation sites (tertiary alicyclic amines) is 1. The van der Waals surface area contributed by atoms with Gasteiger partial charge in [0.15, 0.2) is 0 Å². The van der Waals surface area contributed by atoms with E-state index in [0.717, 1.165) is 14.8 Å². The fourth-order valence-corrected chi connectivity index (χ4v) is 2.72. The van der Waals surface area contributed by atoms with Crippen molar-refractivity contribution < 1.29 is 9.59 Å². The van der Waals surface area contributed by atoms with E-state index >= 15 is 0 Å². The van der Waals surface area contributed by atoms with Crippen molar-refractivity contribution in [3.05, 3.63) is 28.9 Å². The van der Waals surface area contributed by atoms with Crippen LogP contribution in [0.5, 0.6) is 0 Å². The van der Waals surface area contributed by atoms with Crippen LogP contribution in [0.3, 0.4) is 0 Å². The highest BCUT2D eigenvalue weighted by molar-refractivity contribution is 9.10. The van der Waals surface area contributed by atoms with E-state index in [1.54, 1.807) is 18.3 Å². The number of hydrogen-bond acceptors (Lipinski definition) is 5. The number of pyridine rings is 1. The molecule has 0 spiro atoms. The molecule has 2 heterocycles. The predicted octanol–water partition coefficient (Wildman–Crippen LogP) is 1.75. The fourth-order valence-electron chi connectivity index (χ4n) is 2.39. The van der Waals surface area contributed by atoms with E-state index in [0.29, 0.717) is 16.9 Å². The quantitative estimate of drug-likeness (QED) is 0.637. The number of amides is 2. The maximum absolute atomic E-state index is 12.0. The van der Waals surface area contributed by atoms with Gasteiger partial charge in [0.2, 0.25) is 5.91 Å². The number of carbonyl (C=O) groups is 2. The number of nitrogen functional groups attached to an aromatic ring is 1. The van der Waals surface area contributed by atoms with Gasteiger partial charge in [0.1, 0.15) is 6.04 Å². The molecule has 3 N–H and O–H groups in total. The average Bonchev–Trinajstić information content (AvgIpc) is 2.70. The van der Waals surface area contributed by atoms with Gasteiger partial charge in [-0.05, 0) is 34.1 Å². The molecule has 0 saturated carbocycles. The van der Waals surface area contributed by atoms with Gasteiger partial charge in [0, 0.05) is 28.8 Å². The summed E-state index contributed by atoms with van der Waals surface area (Å²) in [5, 5.41) is 3.89. The first-order valence-corrected chi connectivity index (χ1v) is 7.17. The molecule has 0 radical (unpaired) electrons. The lowest BCUT2D eigenvalue weighted by atomic mass is 10.1. The molecule has 3 rings (SSSR count). The number of imide groups is 1. The highest BCUT2D eigenvalue weighted by Gasteiger charge is 2.36. The Morgan fingerprint density at radius 1 is 1.43 bits per heavy atom. The number of anilines is 2. The Bertz CT molecular complexity index is 762. The molecular formula is C14H13BrN4O2. The van der Waals surface area contributed by atoms with Gasteiger partial charge in [-0.1, -0.05) is 0 Å². The van der Waals surface area contributed by atoms with Gasteiger partial charge in [-0.2, -0.15) is 0 Å². The maximum atomic E-state index is 12.0. The summed E-state index contributed by atoms with van der Waals surface area (Å²) in [5.41, 5.74) is 7.92. The van der Waals surface area contributed by atoms with Gasteiger partial charge in [-0.15, -0.1) is 0 Å². The third-order valence-electron chi connectivity index (χ3n) is 3.56. The van der Waals surface area contributed by atoms with Crippen LogP contribution in [-0.2, 0) is 9.59 Å². The van der Waals surface area contributed by atoms with Crippen LogP contribution in [0.2, 0.25) is 0 Å². The van der Waals surface area contributed by atoms with Crippen molar-refractivity contribution in [2.75, 3.05) is 18.1 Å². The second kappa shape index (κ2) is 5.00. The van der Waals surface area contributed by atoms with Crippen LogP contribution in [0.4, 0.5) is 11.4 Å². The summed E-state index contributed by atoms with van der Waals surface area (Å²) in [6.07, 6.45) is 1.82. The molecule has 1 unspecified atom stereocenters. The zero-order chi connectivity index (χ0) is 15.1. The Balaban J connectivity index is 2.00. The lowest BCUT2D eigenvalue weighted by Gasteiger charge is -2.15. The standard InChI is InChI=1S/C14H13BrN4O2/c1-19-12(20)5-11(14(19)21)18-10-3-2-9(16)8-4-7(15)6-17-13(8)10/h2-4,6,11,18H,5,16H2,1H3. The summed E-state index contributed by atoms with van der Waals surface area (Å²) in [7, 11) is 1.49. The first kappa shape index (κ1) is 13.8. The van der Waals surface area contributed by atoms with E-state index < -0.39 is 6.04 Å². The average molecular weight is 349 g/mol. The molecule has 0 aliphatic carbocycles. The van der Waals surface area contributed by atoms with Crippen molar-refractivity contribution in [2.24, 2.45) is 0 Å². The van der Waals surface area contributed by atoms with E-state index in [2.05, 4.69) is 26.2 Å². The van der Waals surface area contributed by atoms with E-state index in [4.69, 9.17) is 5.73 Å². The summed E-state index contributed by atoms with van der Waals surface area (Å²) in [4.78, 5) is 29.0. The van der Waals surface area contributed by atoms with Crippen molar-refractivity contribution in [3.63, 3.8) is 0 Å². The van der Waals surface area contributed by atoms with E-state index in [1.807, 2.05) is 6.07 Å². The predicted molar refractivity (Wildman–Crippen MR) is 83.7 cm³/mol. The van der Waals surface area contributed by atoms with E-state index in [1.165, 1.54) is 7.05 Å². The van der Waals surface area contributed by atoms with Crippen LogP contribution < -0.4 is 11.1 Å². The Kier molecular flexibility index (Phi) is 3.29. The Hall–Kier alpha value is -2.15. The van der Waals surface area contributed by atoms with Crippen LogP contribution in [-0.4, -0.2) is 34.8 Å². The molecule has 1 aliphatic rings. The molecular weight excluding hydrogens is 336 g/mol. The number of hydrogen-bond donors (Lipinski definition) is 2. The van der Waals surface area contributed by atoms with Gasteiger partial charge < -0.3 is 11.1 Å². The summed E-state index contributed by atoms with van der Waals surface area (Å²) >= 11 is 3.36. The van der Waals surface area contributed by atoms with Gasteiger partial charge in [0.25, 0.3) is 5.91 Å². The Morgan fingerprint density at radius 3 is 2.86 bits per heavy atom. The van der Waals surface area contributed by atoms with Crippen LogP contribution >= 0.6 is 15.9 Å². The van der Waals surface area contributed by atoms with Crippen molar-refractivity contribution >= 4 is 50.0 Å². The van der Waals surface area contributed by atoms with Gasteiger partial charge in [0.05, 0.1) is 17.6 Å². The molecule has 1 aromatic carbocycles. The fraction of sp³-hybridized carbons (Fsp3) is 0.214. The number of aromatic nitrogens is 1. The molecule has 1 saturated heterocycles. The Morgan fingerprint density at radius 2 is 2.19 bits per heavy atom. The maximum Gasteiger partial charge on any atom is 0.251 e. The molecule has 21 heavy (non-hydrogen) atoms. The minimum Gasteiger partial charge on any atom is -0.398 e. The van der Waals surface area contributed by atoms with Crippen molar-refractivity contribution in [2.45, 2.75) is 12.5 Å². The molecule has 108 valence electrons. The normalized spacial score (nSPS) is 18.6. The number of nitrogens with one attached hydrogen (secondary N) is 1. The number of nitrogens with two attached hydrogens (primary N) is 1. The number of likely N-dealkylation sites (N-methyl/N-ethyl adjacent to an activating group) is 1. The molecule has 1 fully saturated rings. The van der Waals surface area contributed by atoms with Crippen LogP contribution in [0, 0.1) is 0 Å². The third kappa shape index (κ3) is 2.33. The molecule has 6 nitrogen and oxygen atoms in total. The molecule has 1 aliphatic heterocycles. The number of rotatable bonds is 2. The minimum absolute atomic E-state index is 0.151. The number of fused-ring (bicyclic) bond motifs is 1. The molecule has 2 amide bonds. The lowest BCUT2D eigenvalue weighted by molar-refractivity contribution is -0.136. The van der Waals surface area contributed by atoms with Gasteiger partial charge in [-0.25, -0.2) is 0 Å². The third-order valence-corrected chi connectivity index (χ3v) is 3.99. The van der Waals surface area contributed by atoms with Crippen LogP contribution in [0.15, 0.2) is 28.9 Å². The smallest absolute Gasteiger partial charge is 0.251 e. The SMILES string of the molecule is CN1C(=O)CC(Nc2ccc(N)c3cc(Br)cnc23)C1=O.